The Hall–Kier alpha value is -2.32. The van der Waals surface area contributed by atoms with E-state index in [2.05, 4.69) is 9.88 Å². The minimum atomic E-state index is -0.869. The van der Waals surface area contributed by atoms with E-state index in [0.29, 0.717) is 5.03 Å². The van der Waals surface area contributed by atoms with Gasteiger partial charge in [0.1, 0.15) is 5.37 Å². The maximum atomic E-state index is 14.5. The van der Waals surface area contributed by atoms with Crippen LogP contribution in [0.3, 0.4) is 0 Å². The van der Waals surface area contributed by atoms with E-state index in [-0.39, 0.29) is 11.6 Å². The third kappa shape index (κ3) is 3.46. The van der Waals surface area contributed by atoms with Gasteiger partial charge in [0, 0.05) is 37.1 Å². The van der Waals surface area contributed by atoms with Crippen molar-refractivity contribution in [2.75, 3.05) is 22.9 Å². The molecule has 1 unspecified atom stereocenters. The highest BCUT2D eigenvalue weighted by molar-refractivity contribution is 8.03. The number of aromatic nitrogens is 1. The zero-order chi connectivity index (χ0) is 19.0. The maximum Gasteiger partial charge on any atom is 0.164 e. The smallest absolute Gasteiger partial charge is 0.164 e. The molecular formula is C19H21F2N5S. The maximum absolute atomic E-state index is 14.5. The molecule has 4 N–H and O–H groups in total. The van der Waals surface area contributed by atoms with Gasteiger partial charge in [-0.3, -0.25) is 4.98 Å². The van der Waals surface area contributed by atoms with Crippen molar-refractivity contribution >= 4 is 23.1 Å². The molecule has 0 amide bonds. The highest BCUT2D eigenvalue weighted by Gasteiger charge is 2.32. The van der Waals surface area contributed by atoms with Crippen LogP contribution in [0, 0.1) is 11.6 Å². The number of thioether (sulfide) groups is 1. The van der Waals surface area contributed by atoms with Gasteiger partial charge in [0.25, 0.3) is 0 Å². The molecule has 8 heteroatoms. The van der Waals surface area contributed by atoms with Crippen molar-refractivity contribution in [3.8, 4) is 0 Å². The quantitative estimate of drug-likeness (QED) is 0.839. The zero-order valence-corrected chi connectivity index (χ0v) is 15.5. The summed E-state index contributed by atoms with van der Waals surface area (Å²) in [4.78, 5) is 8.33. The normalized spacial score (nSPS) is 22.9. The van der Waals surface area contributed by atoms with Gasteiger partial charge in [0.15, 0.2) is 11.6 Å². The molecule has 1 aromatic heterocycles. The SMILES string of the molecule is NC1=CN(c2cnccc2N2CCCC(N)C2)[C@H](c2cccc(F)c2F)S1. The molecule has 0 radical (unpaired) electrons. The molecule has 2 aliphatic rings. The summed E-state index contributed by atoms with van der Waals surface area (Å²) in [6.07, 6.45) is 7.23. The second kappa shape index (κ2) is 7.36. The van der Waals surface area contributed by atoms with Crippen LogP contribution in [0.2, 0.25) is 0 Å². The molecule has 1 fully saturated rings. The lowest BCUT2D eigenvalue weighted by Gasteiger charge is -2.36. The second-order valence-electron chi connectivity index (χ2n) is 6.76. The van der Waals surface area contributed by atoms with E-state index in [9.17, 15) is 8.78 Å². The minimum absolute atomic E-state index is 0.116. The topological polar surface area (TPSA) is 71.4 Å². The standard InChI is InChI=1S/C19H21F2N5S/c20-14-5-1-4-13(18(14)21)19-26(11-17(23)27-19)16-9-24-7-6-15(16)25-8-2-3-12(22)10-25/h1,4-7,9,11-12,19H,2-3,8,10,22-23H2/t12?,19-/m0/s1. The van der Waals surface area contributed by atoms with Crippen molar-refractivity contribution in [2.24, 2.45) is 11.5 Å². The Bertz CT molecular complexity index is 875. The summed E-state index contributed by atoms with van der Waals surface area (Å²) in [6, 6.07) is 6.26. The fourth-order valence-corrected chi connectivity index (χ4v) is 4.64. The van der Waals surface area contributed by atoms with Gasteiger partial charge in [-0.2, -0.15) is 0 Å². The highest BCUT2D eigenvalue weighted by atomic mass is 32.2. The summed E-state index contributed by atoms with van der Waals surface area (Å²) < 4.78 is 28.2. The summed E-state index contributed by atoms with van der Waals surface area (Å²) in [5.74, 6) is -1.72. The van der Waals surface area contributed by atoms with E-state index < -0.39 is 17.0 Å². The Morgan fingerprint density at radius 1 is 1.19 bits per heavy atom. The molecule has 5 nitrogen and oxygen atoms in total. The number of nitrogens with two attached hydrogens (primary N) is 2. The van der Waals surface area contributed by atoms with Crippen LogP contribution in [0.4, 0.5) is 20.2 Å². The molecule has 3 heterocycles. The number of hydrogen-bond acceptors (Lipinski definition) is 6. The van der Waals surface area contributed by atoms with E-state index in [1.807, 2.05) is 11.0 Å². The highest BCUT2D eigenvalue weighted by Crippen LogP contribution is 2.47. The van der Waals surface area contributed by atoms with Crippen molar-refractivity contribution in [1.29, 1.82) is 0 Å². The largest absolute Gasteiger partial charge is 0.392 e. The van der Waals surface area contributed by atoms with Gasteiger partial charge in [-0.15, -0.1) is 0 Å². The van der Waals surface area contributed by atoms with E-state index in [1.54, 1.807) is 24.7 Å². The van der Waals surface area contributed by atoms with Crippen LogP contribution in [0.5, 0.6) is 0 Å². The Morgan fingerprint density at radius 3 is 2.85 bits per heavy atom. The third-order valence-corrected chi connectivity index (χ3v) is 5.95. The number of benzene rings is 1. The predicted molar refractivity (Wildman–Crippen MR) is 105 cm³/mol. The first-order valence-corrected chi connectivity index (χ1v) is 9.73. The Labute approximate surface area is 161 Å². The second-order valence-corrected chi connectivity index (χ2v) is 7.92. The lowest BCUT2D eigenvalue weighted by molar-refractivity contribution is 0.498. The number of piperidine rings is 1. The molecule has 2 aliphatic heterocycles. The van der Waals surface area contributed by atoms with E-state index in [4.69, 9.17) is 11.5 Å². The van der Waals surface area contributed by atoms with Crippen LogP contribution in [-0.4, -0.2) is 24.1 Å². The molecule has 0 spiro atoms. The molecule has 0 saturated carbocycles. The van der Waals surface area contributed by atoms with Gasteiger partial charge >= 0.3 is 0 Å². The number of hydrogen-bond donors (Lipinski definition) is 2. The molecule has 0 bridgehead atoms. The summed E-state index contributed by atoms with van der Waals surface area (Å²) in [5.41, 5.74) is 14.2. The van der Waals surface area contributed by atoms with Crippen LogP contribution in [-0.2, 0) is 0 Å². The average molecular weight is 389 g/mol. The number of rotatable bonds is 3. The van der Waals surface area contributed by atoms with Crippen LogP contribution in [0.1, 0.15) is 23.8 Å². The van der Waals surface area contributed by atoms with Crippen molar-refractivity contribution in [2.45, 2.75) is 24.3 Å². The van der Waals surface area contributed by atoms with Gasteiger partial charge in [-0.1, -0.05) is 23.9 Å². The van der Waals surface area contributed by atoms with E-state index in [1.165, 1.54) is 17.8 Å². The Morgan fingerprint density at radius 2 is 2.04 bits per heavy atom. The van der Waals surface area contributed by atoms with Gasteiger partial charge in [-0.05, 0) is 25.0 Å². The van der Waals surface area contributed by atoms with Gasteiger partial charge in [0.2, 0.25) is 0 Å². The lowest BCUT2D eigenvalue weighted by Crippen LogP contribution is -2.43. The molecule has 2 aromatic rings. The average Bonchev–Trinajstić information content (AvgIpc) is 3.05. The predicted octanol–water partition coefficient (Wildman–Crippen LogP) is 3.30. The number of halogens is 2. The molecular weight excluding hydrogens is 368 g/mol. The lowest BCUT2D eigenvalue weighted by atomic mass is 10.1. The van der Waals surface area contributed by atoms with Crippen molar-refractivity contribution in [1.82, 2.24) is 4.98 Å². The summed E-state index contributed by atoms with van der Waals surface area (Å²) in [6.45, 7) is 1.64. The first-order chi connectivity index (χ1) is 13.0. The molecule has 0 aliphatic carbocycles. The van der Waals surface area contributed by atoms with Crippen molar-refractivity contribution in [3.63, 3.8) is 0 Å². The first kappa shape index (κ1) is 18.1. The molecule has 4 rings (SSSR count). The van der Waals surface area contributed by atoms with E-state index in [0.717, 1.165) is 43.4 Å². The van der Waals surface area contributed by atoms with Crippen molar-refractivity contribution < 1.29 is 8.78 Å². The monoisotopic (exact) mass is 389 g/mol. The van der Waals surface area contributed by atoms with E-state index >= 15 is 0 Å². The first-order valence-electron chi connectivity index (χ1n) is 8.85. The Balaban J connectivity index is 1.74. The zero-order valence-electron chi connectivity index (χ0n) is 14.7. The molecule has 1 saturated heterocycles. The number of anilines is 2. The summed E-state index contributed by atoms with van der Waals surface area (Å²) in [7, 11) is 0. The van der Waals surface area contributed by atoms with Crippen LogP contribution in [0.25, 0.3) is 0 Å². The van der Waals surface area contributed by atoms with Crippen LogP contribution < -0.4 is 21.3 Å². The fourth-order valence-electron chi connectivity index (χ4n) is 3.62. The molecule has 27 heavy (non-hydrogen) atoms. The third-order valence-electron chi connectivity index (χ3n) is 4.87. The van der Waals surface area contributed by atoms with Crippen LogP contribution >= 0.6 is 11.8 Å². The Kier molecular flexibility index (Phi) is 4.92. The van der Waals surface area contributed by atoms with Crippen LogP contribution in [0.15, 0.2) is 47.9 Å². The molecule has 2 atom stereocenters. The van der Waals surface area contributed by atoms with Gasteiger partial charge in [0.05, 0.1) is 22.6 Å². The minimum Gasteiger partial charge on any atom is -0.392 e. The molecule has 142 valence electrons. The fraction of sp³-hybridized carbons (Fsp3) is 0.316. The number of nitrogens with zero attached hydrogens (tertiary/aromatic N) is 3. The number of pyridine rings is 1. The summed E-state index contributed by atoms with van der Waals surface area (Å²) in [5, 5.41) is 0.0379. The van der Waals surface area contributed by atoms with Crippen molar-refractivity contribution in [3.05, 3.63) is 65.1 Å². The van der Waals surface area contributed by atoms with Gasteiger partial charge in [-0.25, -0.2) is 8.78 Å². The summed E-state index contributed by atoms with van der Waals surface area (Å²) >= 11 is 1.29. The van der Waals surface area contributed by atoms with Gasteiger partial charge < -0.3 is 21.3 Å². The molecule has 1 aromatic carbocycles.